The molecule has 0 bridgehead atoms. The van der Waals surface area contributed by atoms with Crippen molar-refractivity contribution in [3.05, 3.63) is 60.2 Å². The molecule has 3 rings (SSSR count). The first-order valence-electron chi connectivity index (χ1n) is 14.4. The van der Waals surface area contributed by atoms with Crippen LogP contribution in [0.5, 0.6) is 0 Å². The third kappa shape index (κ3) is 9.41. The molecule has 3 aromatic carbocycles. The largest absolute Gasteiger partial charge is 0.389 e. The Kier molecular flexibility index (Phi) is 12.5. The predicted octanol–water partition coefficient (Wildman–Crippen LogP) is 9.94. The summed E-state index contributed by atoms with van der Waals surface area (Å²) in [5.74, 6) is -0.977. The summed E-state index contributed by atoms with van der Waals surface area (Å²) in [6.45, 7) is 2.27. The number of unbranched alkanes of at least 4 members (excludes halogenated alkanes) is 14. The fourth-order valence-corrected chi connectivity index (χ4v) is 4.99. The van der Waals surface area contributed by atoms with Crippen LogP contribution in [-0.2, 0) is 9.53 Å². The van der Waals surface area contributed by atoms with Crippen molar-refractivity contribution in [1.82, 2.24) is 0 Å². The lowest BCUT2D eigenvalue weighted by Gasteiger charge is -2.08. The summed E-state index contributed by atoms with van der Waals surface area (Å²) in [6.07, 6.45) is 19.6. The molecule has 0 heterocycles. The molecule has 0 unspecified atom stereocenters. The van der Waals surface area contributed by atoms with Crippen LogP contribution in [0, 0.1) is 0 Å². The van der Waals surface area contributed by atoms with Crippen LogP contribution in [-0.4, -0.2) is 11.9 Å². The molecule has 194 valence electrons. The van der Waals surface area contributed by atoms with Crippen molar-refractivity contribution in [2.75, 3.05) is 0 Å². The van der Waals surface area contributed by atoms with Crippen LogP contribution in [0.15, 0.2) is 54.6 Å². The van der Waals surface area contributed by atoms with Crippen LogP contribution in [0.2, 0.25) is 0 Å². The van der Waals surface area contributed by atoms with Crippen LogP contribution in [0.3, 0.4) is 0 Å². The van der Waals surface area contributed by atoms with Gasteiger partial charge in [0, 0.05) is 6.42 Å². The number of ether oxygens (including phenoxy) is 1. The molecule has 0 saturated heterocycles. The average molecular weight is 489 g/mol. The Hall–Kier alpha value is -2.68. The number of hydrogen-bond donors (Lipinski definition) is 0. The maximum absolute atomic E-state index is 12.7. The van der Waals surface area contributed by atoms with Crippen molar-refractivity contribution < 1.29 is 14.3 Å². The van der Waals surface area contributed by atoms with E-state index in [0.717, 1.165) is 40.8 Å². The molecule has 36 heavy (non-hydrogen) atoms. The summed E-state index contributed by atoms with van der Waals surface area (Å²) < 4.78 is 5.20. The molecule has 0 fully saturated rings. The number of esters is 2. The minimum atomic E-state index is -0.554. The first kappa shape index (κ1) is 27.9. The Morgan fingerprint density at radius 2 is 1.08 bits per heavy atom. The fourth-order valence-electron chi connectivity index (χ4n) is 4.99. The van der Waals surface area contributed by atoms with Gasteiger partial charge in [0.15, 0.2) is 0 Å². The highest BCUT2D eigenvalue weighted by Gasteiger charge is 2.16. The average Bonchev–Trinajstić information content (AvgIpc) is 2.89. The molecule has 0 aliphatic carbocycles. The Labute approximate surface area is 217 Å². The van der Waals surface area contributed by atoms with Crippen LogP contribution in [0.4, 0.5) is 0 Å². The van der Waals surface area contributed by atoms with Crippen LogP contribution < -0.4 is 0 Å². The number of carbonyl (C=O) groups is 2. The Morgan fingerprint density at radius 1 is 0.583 bits per heavy atom. The van der Waals surface area contributed by atoms with Crippen molar-refractivity contribution in [2.45, 2.75) is 110 Å². The third-order valence-corrected chi connectivity index (χ3v) is 7.16. The fraction of sp³-hybridized carbons (Fsp3) is 0.515. The highest BCUT2D eigenvalue weighted by Crippen LogP contribution is 2.26. The van der Waals surface area contributed by atoms with E-state index in [9.17, 15) is 9.59 Å². The molecule has 0 aromatic heterocycles. The summed E-state index contributed by atoms with van der Waals surface area (Å²) in [6, 6.07) is 17.7. The zero-order valence-electron chi connectivity index (χ0n) is 22.2. The van der Waals surface area contributed by atoms with Gasteiger partial charge >= 0.3 is 11.9 Å². The molecule has 3 nitrogen and oxygen atoms in total. The normalized spacial score (nSPS) is 11.2. The van der Waals surface area contributed by atoms with E-state index in [1.54, 1.807) is 6.07 Å². The number of carbonyl (C=O) groups excluding carboxylic acids is 2. The lowest BCUT2D eigenvalue weighted by atomic mass is 10.00. The minimum Gasteiger partial charge on any atom is -0.389 e. The highest BCUT2D eigenvalue weighted by molar-refractivity contribution is 6.10. The van der Waals surface area contributed by atoms with Gasteiger partial charge in [0.1, 0.15) is 0 Å². The second-order valence-corrected chi connectivity index (χ2v) is 10.2. The van der Waals surface area contributed by atoms with E-state index < -0.39 is 11.9 Å². The highest BCUT2D eigenvalue weighted by atomic mass is 16.6. The molecule has 0 atom stereocenters. The van der Waals surface area contributed by atoms with Gasteiger partial charge in [-0.1, -0.05) is 133 Å². The van der Waals surface area contributed by atoms with Gasteiger partial charge in [0.05, 0.1) is 5.56 Å². The van der Waals surface area contributed by atoms with Crippen LogP contribution in [0.25, 0.3) is 21.5 Å². The first-order valence-corrected chi connectivity index (χ1v) is 14.4. The number of rotatable bonds is 17. The molecular formula is C33H44O3. The standard InChI is InChI=1S/C33H44O3/c1-2-3-4-5-6-7-8-9-10-11-12-13-14-15-16-24-32(34)36-33(35)30-23-19-22-29-25-27-20-17-18-21-28(27)26-31(29)30/h17-23,25-26H,2-16,24H2,1H3. The molecule has 3 heteroatoms. The van der Waals surface area contributed by atoms with Crippen LogP contribution in [0.1, 0.15) is 120 Å². The number of benzene rings is 3. The minimum absolute atomic E-state index is 0.303. The zero-order valence-corrected chi connectivity index (χ0v) is 22.2. The second kappa shape index (κ2) is 16.1. The monoisotopic (exact) mass is 488 g/mol. The van der Waals surface area contributed by atoms with E-state index in [1.165, 1.54) is 77.0 Å². The van der Waals surface area contributed by atoms with Crippen molar-refractivity contribution in [2.24, 2.45) is 0 Å². The van der Waals surface area contributed by atoms with E-state index >= 15 is 0 Å². The van der Waals surface area contributed by atoms with Crippen LogP contribution >= 0.6 is 0 Å². The Balaban J connectivity index is 1.26. The maximum atomic E-state index is 12.7. The quantitative estimate of drug-likeness (QED) is 0.0821. The smallest absolute Gasteiger partial charge is 0.346 e. The summed E-state index contributed by atoms with van der Waals surface area (Å²) in [4.78, 5) is 25.0. The van der Waals surface area contributed by atoms with Gasteiger partial charge < -0.3 is 4.74 Å². The molecule has 0 radical (unpaired) electrons. The summed E-state index contributed by atoms with van der Waals surface area (Å²) in [5, 5.41) is 3.98. The lowest BCUT2D eigenvalue weighted by molar-refractivity contribution is -0.138. The molecule has 0 aliphatic heterocycles. The third-order valence-electron chi connectivity index (χ3n) is 7.16. The first-order chi connectivity index (χ1) is 17.7. The Morgan fingerprint density at radius 3 is 1.67 bits per heavy atom. The lowest BCUT2D eigenvalue weighted by Crippen LogP contribution is -2.12. The van der Waals surface area contributed by atoms with Crippen molar-refractivity contribution in [3.8, 4) is 0 Å². The molecule has 0 amide bonds. The van der Waals surface area contributed by atoms with Gasteiger partial charge in [-0.15, -0.1) is 0 Å². The maximum Gasteiger partial charge on any atom is 0.346 e. The summed E-state index contributed by atoms with van der Waals surface area (Å²) >= 11 is 0. The van der Waals surface area contributed by atoms with Gasteiger partial charge in [0.25, 0.3) is 0 Å². The molecule has 3 aromatic rings. The van der Waals surface area contributed by atoms with Crippen molar-refractivity contribution >= 4 is 33.5 Å². The van der Waals surface area contributed by atoms with Gasteiger partial charge in [-0.2, -0.15) is 0 Å². The number of hydrogen-bond acceptors (Lipinski definition) is 3. The van der Waals surface area contributed by atoms with Gasteiger partial charge in [-0.3, -0.25) is 4.79 Å². The molecule has 0 spiro atoms. The summed E-state index contributed by atoms with van der Waals surface area (Å²) in [7, 11) is 0. The predicted molar refractivity (Wildman–Crippen MR) is 151 cm³/mol. The van der Waals surface area contributed by atoms with Gasteiger partial charge in [-0.05, 0) is 46.2 Å². The zero-order chi connectivity index (χ0) is 25.4. The number of fused-ring (bicyclic) bond motifs is 2. The Bertz CT molecular complexity index is 1080. The SMILES string of the molecule is CCCCCCCCCCCCCCCCCC(=O)OC(=O)c1cccc2cc3ccccc3cc12. The van der Waals surface area contributed by atoms with E-state index in [0.29, 0.717) is 12.0 Å². The van der Waals surface area contributed by atoms with E-state index in [2.05, 4.69) is 19.1 Å². The topological polar surface area (TPSA) is 43.4 Å². The molecule has 0 aliphatic rings. The summed E-state index contributed by atoms with van der Waals surface area (Å²) in [5.41, 5.74) is 0.447. The molecule has 0 N–H and O–H groups in total. The molecule has 0 saturated carbocycles. The van der Waals surface area contributed by atoms with E-state index in [1.807, 2.05) is 36.4 Å². The van der Waals surface area contributed by atoms with E-state index in [-0.39, 0.29) is 0 Å². The van der Waals surface area contributed by atoms with E-state index in [4.69, 9.17) is 4.74 Å². The van der Waals surface area contributed by atoms with Crippen molar-refractivity contribution in [1.29, 1.82) is 0 Å². The van der Waals surface area contributed by atoms with Gasteiger partial charge in [0.2, 0.25) is 0 Å². The second-order valence-electron chi connectivity index (χ2n) is 10.2. The molecular weight excluding hydrogens is 444 g/mol. The van der Waals surface area contributed by atoms with Crippen molar-refractivity contribution in [3.63, 3.8) is 0 Å². The van der Waals surface area contributed by atoms with Gasteiger partial charge in [-0.25, -0.2) is 4.79 Å².